The van der Waals surface area contributed by atoms with Crippen LogP contribution in [0.1, 0.15) is 24.5 Å². The zero-order valence-electron chi connectivity index (χ0n) is 8.28. The van der Waals surface area contributed by atoms with Crippen LogP contribution in [0.5, 0.6) is 0 Å². The summed E-state index contributed by atoms with van der Waals surface area (Å²) in [4.78, 5) is 0.279. The minimum Gasteiger partial charge on any atom is -0.207 e. The predicted octanol–water partition coefficient (Wildman–Crippen LogP) is 3.99. The van der Waals surface area contributed by atoms with Crippen molar-refractivity contribution in [2.75, 3.05) is 0 Å². The fourth-order valence-corrected chi connectivity index (χ4v) is 1.52. The van der Waals surface area contributed by atoms with Crippen LogP contribution >= 0.6 is 15.9 Å². The van der Waals surface area contributed by atoms with Gasteiger partial charge in [-0.05, 0) is 31.4 Å². The molecule has 0 nitrogen and oxygen atoms in total. The van der Waals surface area contributed by atoms with Gasteiger partial charge in [0.05, 0.1) is 0 Å². The van der Waals surface area contributed by atoms with Gasteiger partial charge in [-0.1, -0.05) is 28.9 Å². The molecule has 0 heterocycles. The molecule has 0 bridgehead atoms. The van der Waals surface area contributed by atoms with Gasteiger partial charge in [-0.15, -0.1) is 0 Å². The number of alkyl halides is 1. The molecular weight excluding hydrogens is 250 g/mol. The maximum Gasteiger partial charge on any atom is 0.132 e. The first kappa shape index (κ1) is 11.6. The highest BCUT2D eigenvalue weighted by molar-refractivity contribution is 9.09. The van der Waals surface area contributed by atoms with Crippen LogP contribution in [0.4, 0.5) is 8.78 Å². The van der Waals surface area contributed by atoms with Crippen LogP contribution in [0.2, 0.25) is 0 Å². The van der Waals surface area contributed by atoms with Gasteiger partial charge >= 0.3 is 0 Å². The Morgan fingerprint density at radius 1 is 1.36 bits per heavy atom. The molecule has 0 aliphatic rings. The second-order valence-electron chi connectivity index (χ2n) is 3.48. The molecule has 1 atom stereocenters. The Morgan fingerprint density at radius 2 is 2.00 bits per heavy atom. The highest BCUT2D eigenvalue weighted by Crippen LogP contribution is 2.19. The minimum absolute atomic E-state index is 0.205. The largest absolute Gasteiger partial charge is 0.207 e. The highest BCUT2D eigenvalue weighted by atomic mass is 79.9. The molecule has 78 valence electrons. The molecule has 0 saturated heterocycles. The number of halogens is 3. The Balaban J connectivity index is 2.89. The van der Waals surface area contributed by atoms with Crippen LogP contribution < -0.4 is 0 Å². The van der Waals surface area contributed by atoms with E-state index >= 15 is 0 Å². The van der Waals surface area contributed by atoms with Gasteiger partial charge in [0.15, 0.2) is 0 Å². The summed E-state index contributed by atoms with van der Waals surface area (Å²) >= 11 is 3.35. The maximum absolute atomic E-state index is 13.5. The molecule has 1 aromatic rings. The second kappa shape index (κ2) is 4.87. The Kier molecular flexibility index (Phi) is 4.05. The first-order chi connectivity index (χ1) is 6.52. The summed E-state index contributed by atoms with van der Waals surface area (Å²) in [6.45, 7) is 3.61. The number of aryl methyl sites for hydroxylation is 1. The van der Waals surface area contributed by atoms with E-state index < -0.39 is 11.6 Å². The lowest BCUT2D eigenvalue weighted by atomic mass is 10.0. The first-order valence-corrected chi connectivity index (χ1v) is 5.51. The highest BCUT2D eigenvalue weighted by Gasteiger charge is 2.11. The van der Waals surface area contributed by atoms with Gasteiger partial charge in [-0.3, -0.25) is 0 Å². The lowest BCUT2D eigenvalue weighted by molar-refractivity contribution is 0.545. The summed E-state index contributed by atoms with van der Waals surface area (Å²) in [5.74, 6) is -0.848. The number of rotatable bonds is 3. The van der Waals surface area contributed by atoms with E-state index in [2.05, 4.69) is 15.9 Å². The molecule has 0 N–H and O–H groups in total. The van der Waals surface area contributed by atoms with Crippen molar-refractivity contribution in [3.63, 3.8) is 0 Å². The summed E-state index contributed by atoms with van der Waals surface area (Å²) in [7, 11) is 0. The second-order valence-corrected chi connectivity index (χ2v) is 5.04. The minimum atomic E-state index is -0.443. The quantitative estimate of drug-likeness (QED) is 0.723. The zero-order chi connectivity index (χ0) is 10.7. The summed E-state index contributed by atoms with van der Waals surface area (Å²) in [5.41, 5.74) is 0.708. The Bertz CT molecular complexity index is 321. The smallest absolute Gasteiger partial charge is 0.132 e. The fourth-order valence-electron chi connectivity index (χ4n) is 1.29. The average molecular weight is 263 g/mol. The van der Waals surface area contributed by atoms with Crippen molar-refractivity contribution >= 4 is 15.9 Å². The standard InChI is InChI=1S/C11H13BrF2/c1-7-3-6-10(13)9(11(7)14)5-4-8(2)12/h3,6,8H,4-5H2,1-2H3. The predicted molar refractivity (Wildman–Crippen MR) is 57.8 cm³/mol. The number of hydrogen-bond acceptors (Lipinski definition) is 0. The van der Waals surface area contributed by atoms with Crippen LogP contribution in [0.3, 0.4) is 0 Å². The van der Waals surface area contributed by atoms with Gasteiger partial charge in [-0.2, -0.15) is 0 Å². The molecule has 0 aliphatic carbocycles. The van der Waals surface area contributed by atoms with Crippen LogP contribution in [-0.4, -0.2) is 4.83 Å². The maximum atomic E-state index is 13.5. The molecule has 1 rings (SSSR count). The Labute approximate surface area is 91.5 Å². The van der Waals surface area contributed by atoms with Gasteiger partial charge in [0.1, 0.15) is 11.6 Å². The van der Waals surface area contributed by atoms with Crippen LogP contribution in [0.15, 0.2) is 12.1 Å². The summed E-state index contributed by atoms with van der Waals surface area (Å²) in [6.07, 6.45) is 1.17. The van der Waals surface area contributed by atoms with E-state index in [0.717, 1.165) is 6.42 Å². The molecule has 1 aromatic carbocycles. The molecule has 0 aromatic heterocycles. The molecular formula is C11H13BrF2. The summed E-state index contributed by atoms with van der Waals surface area (Å²) in [5, 5.41) is 0. The molecule has 3 heteroatoms. The van der Waals surface area contributed by atoms with Crippen molar-refractivity contribution in [1.29, 1.82) is 0 Å². The molecule has 14 heavy (non-hydrogen) atoms. The van der Waals surface area contributed by atoms with Gasteiger partial charge in [0, 0.05) is 10.4 Å². The van der Waals surface area contributed by atoms with Gasteiger partial charge < -0.3 is 0 Å². The molecule has 1 unspecified atom stereocenters. The third kappa shape index (κ3) is 2.77. The Morgan fingerprint density at radius 3 is 2.57 bits per heavy atom. The topological polar surface area (TPSA) is 0 Å². The number of benzene rings is 1. The van der Waals surface area contributed by atoms with E-state index in [1.54, 1.807) is 6.92 Å². The summed E-state index contributed by atoms with van der Waals surface area (Å²) in [6, 6.07) is 2.79. The van der Waals surface area contributed by atoms with E-state index in [4.69, 9.17) is 0 Å². The van der Waals surface area contributed by atoms with E-state index in [0.29, 0.717) is 12.0 Å². The van der Waals surface area contributed by atoms with Crippen LogP contribution in [0.25, 0.3) is 0 Å². The zero-order valence-corrected chi connectivity index (χ0v) is 9.87. The van der Waals surface area contributed by atoms with E-state index in [9.17, 15) is 8.78 Å². The van der Waals surface area contributed by atoms with Crippen LogP contribution in [-0.2, 0) is 6.42 Å². The van der Waals surface area contributed by atoms with Crippen molar-refractivity contribution in [1.82, 2.24) is 0 Å². The SMILES string of the molecule is Cc1ccc(F)c(CCC(C)Br)c1F. The van der Waals surface area contributed by atoms with Crippen LogP contribution in [0, 0.1) is 18.6 Å². The van der Waals surface area contributed by atoms with Gasteiger partial charge in [0.25, 0.3) is 0 Å². The first-order valence-electron chi connectivity index (χ1n) is 4.60. The van der Waals surface area contributed by atoms with E-state index in [1.807, 2.05) is 6.92 Å². The van der Waals surface area contributed by atoms with Crippen molar-refractivity contribution < 1.29 is 8.78 Å². The molecule has 0 radical (unpaired) electrons. The van der Waals surface area contributed by atoms with E-state index in [-0.39, 0.29) is 10.4 Å². The molecule has 0 spiro atoms. The molecule has 0 saturated carbocycles. The summed E-state index contributed by atoms with van der Waals surface area (Å²) < 4.78 is 26.7. The monoisotopic (exact) mass is 262 g/mol. The van der Waals surface area contributed by atoms with Crippen molar-refractivity contribution in [3.05, 3.63) is 34.9 Å². The average Bonchev–Trinajstić information content (AvgIpc) is 2.11. The van der Waals surface area contributed by atoms with Crippen molar-refractivity contribution in [2.45, 2.75) is 31.5 Å². The van der Waals surface area contributed by atoms with Crippen molar-refractivity contribution in [2.24, 2.45) is 0 Å². The molecule has 0 amide bonds. The van der Waals surface area contributed by atoms with Gasteiger partial charge in [-0.25, -0.2) is 8.78 Å². The molecule has 0 aliphatic heterocycles. The third-order valence-corrected chi connectivity index (χ3v) is 2.63. The molecule has 0 fully saturated rings. The lowest BCUT2D eigenvalue weighted by Gasteiger charge is -2.08. The lowest BCUT2D eigenvalue weighted by Crippen LogP contribution is -2.01. The fraction of sp³-hybridized carbons (Fsp3) is 0.455. The third-order valence-electron chi connectivity index (χ3n) is 2.17. The number of hydrogen-bond donors (Lipinski definition) is 0. The van der Waals surface area contributed by atoms with Crippen molar-refractivity contribution in [3.8, 4) is 0 Å². The Hall–Kier alpha value is -0.440. The van der Waals surface area contributed by atoms with Gasteiger partial charge in [0.2, 0.25) is 0 Å². The van der Waals surface area contributed by atoms with E-state index in [1.165, 1.54) is 12.1 Å². The normalized spacial score (nSPS) is 12.9.